The minimum Gasteiger partial charge on any atom is -0.496 e. The highest BCUT2D eigenvalue weighted by atomic mass is 16.5. The summed E-state index contributed by atoms with van der Waals surface area (Å²) in [5.74, 6) is 0.905. The summed E-state index contributed by atoms with van der Waals surface area (Å²) in [6, 6.07) is 4.08. The van der Waals surface area contributed by atoms with E-state index in [2.05, 4.69) is 17.1 Å². The minimum absolute atomic E-state index is 0.905. The number of hydrogen-bond donors (Lipinski definition) is 0. The number of hydrogen-bond acceptors (Lipinski definition) is 2. The fraction of sp³-hybridized carbons (Fsp3) is 0.250. The molecule has 14 heavy (non-hydrogen) atoms. The molecule has 0 bridgehead atoms. The Morgan fingerprint density at radius 2 is 2.29 bits per heavy atom. The molecular formula is C12H13NO. The van der Waals surface area contributed by atoms with Crippen LogP contribution >= 0.6 is 0 Å². The molecule has 0 atom stereocenters. The zero-order valence-electron chi connectivity index (χ0n) is 8.45. The second kappa shape index (κ2) is 3.66. The van der Waals surface area contributed by atoms with Gasteiger partial charge >= 0.3 is 0 Å². The SMILES string of the molecule is COC1=C(C)c2ncccc2CC=C1. The van der Waals surface area contributed by atoms with Gasteiger partial charge in [0.15, 0.2) is 0 Å². The molecular weight excluding hydrogens is 174 g/mol. The molecule has 1 aliphatic carbocycles. The van der Waals surface area contributed by atoms with Crippen molar-refractivity contribution in [2.24, 2.45) is 0 Å². The second-order valence-corrected chi connectivity index (χ2v) is 3.31. The number of pyridine rings is 1. The maximum absolute atomic E-state index is 5.29. The summed E-state index contributed by atoms with van der Waals surface area (Å²) in [4.78, 5) is 4.38. The smallest absolute Gasteiger partial charge is 0.123 e. The zero-order valence-corrected chi connectivity index (χ0v) is 8.45. The molecule has 0 aliphatic heterocycles. The summed E-state index contributed by atoms with van der Waals surface area (Å²) in [5, 5.41) is 0. The minimum atomic E-state index is 0.905. The summed E-state index contributed by atoms with van der Waals surface area (Å²) >= 11 is 0. The Balaban J connectivity index is 2.59. The summed E-state index contributed by atoms with van der Waals surface area (Å²) in [6.45, 7) is 2.04. The van der Waals surface area contributed by atoms with Gasteiger partial charge in [-0.25, -0.2) is 0 Å². The van der Waals surface area contributed by atoms with Crippen LogP contribution in [0.25, 0.3) is 5.57 Å². The lowest BCUT2D eigenvalue weighted by Gasteiger charge is -2.07. The van der Waals surface area contributed by atoms with Crippen molar-refractivity contribution in [2.75, 3.05) is 7.11 Å². The Morgan fingerprint density at radius 3 is 3.07 bits per heavy atom. The van der Waals surface area contributed by atoms with Crippen LogP contribution in [0.5, 0.6) is 0 Å². The maximum Gasteiger partial charge on any atom is 0.123 e. The van der Waals surface area contributed by atoms with E-state index in [-0.39, 0.29) is 0 Å². The summed E-state index contributed by atoms with van der Waals surface area (Å²) in [5.41, 5.74) is 3.42. The molecule has 72 valence electrons. The number of rotatable bonds is 1. The van der Waals surface area contributed by atoms with Gasteiger partial charge in [0.05, 0.1) is 12.8 Å². The summed E-state index contributed by atoms with van der Waals surface area (Å²) in [7, 11) is 1.69. The van der Waals surface area contributed by atoms with Gasteiger partial charge < -0.3 is 4.74 Å². The predicted molar refractivity (Wildman–Crippen MR) is 56.7 cm³/mol. The van der Waals surface area contributed by atoms with Crippen LogP contribution in [0.15, 0.2) is 36.2 Å². The average Bonchev–Trinajstić information content (AvgIpc) is 2.39. The Morgan fingerprint density at radius 1 is 1.43 bits per heavy atom. The maximum atomic E-state index is 5.29. The van der Waals surface area contributed by atoms with Gasteiger partial charge in [-0.2, -0.15) is 0 Å². The number of fused-ring (bicyclic) bond motifs is 1. The number of nitrogens with zero attached hydrogens (tertiary/aromatic N) is 1. The fourth-order valence-corrected chi connectivity index (χ4v) is 1.70. The van der Waals surface area contributed by atoms with Crippen LogP contribution in [0, 0.1) is 0 Å². The highest BCUT2D eigenvalue weighted by Gasteiger charge is 2.11. The van der Waals surface area contributed by atoms with Crippen molar-refractivity contribution < 1.29 is 4.74 Å². The molecule has 1 heterocycles. The van der Waals surface area contributed by atoms with E-state index in [1.54, 1.807) is 7.11 Å². The fourth-order valence-electron chi connectivity index (χ4n) is 1.70. The van der Waals surface area contributed by atoms with Crippen LogP contribution in [0.4, 0.5) is 0 Å². The molecule has 0 spiro atoms. The molecule has 0 amide bonds. The van der Waals surface area contributed by atoms with Crippen LogP contribution in [-0.4, -0.2) is 12.1 Å². The Bertz CT molecular complexity index is 405. The first-order valence-corrected chi connectivity index (χ1v) is 4.68. The molecule has 0 saturated heterocycles. The van der Waals surface area contributed by atoms with Crippen LogP contribution < -0.4 is 0 Å². The monoisotopic (exact) mass is 187 g/mol. The normalized spacial score (nSPS) is 15.0. The van der Waals surface area contributed by atoms with Crippen molar-refractivity contribution in [1.82, 2.24) is 4.98 Å². The van der Waals surface area contributed by atoms with E-state index >= 15 is 0 Å². The van der Waals surface area contributed by atoms with Gasteiger partial charge in [-0.1, -0.05) is 12.1 Å². The quantitative estimate of drug-likeness (QED) is 0.674. The van der Waals surface area contributed by atoms with E-state index in [9.17, 15) is 0 Å². The first-order valence-electron chi connectivity index (χ1n) is 4.68. The third-order valence-corrected chi connectivity index (χ3v) is 2.44. The van der Waals surface area contributed by atoms with Crippen molar-refractivity contribution in [1.29, 1.82) is 0 Å². The highest BCUT2D eigenvalue weighted by molar-refractivity contribution is 5.68. The Kier molecular flexibility index (Phi) is 2.35. The van der Waals surface area contributed by atoms with E-state index in [1.165, 1.54) is 5.56 Å². The first-order chi connectivity index (χ1) is 6.83. The van der Waals surface area contributed by atoms with Crippen molar-refractivity contribution in [3.05, 3.63) is 47.5 Å². The molecule has 0 aromatic carbocycles. The molecule has 0 fully saturated rings. The summed E-state index contributed by atoms with van der Waals surface area (Å²) < 4.78 is 5.29. The van der Waals surface area contributed by atoms with Gasteiger partial charge in [0.25, 0.3) is 0 Å². The van der Waals surface area contributed by atoms with Gasteiger partial charge in [-0.05, 0) is 31.1 Å². The molecule has 0 radical (unpaired) electrons. The molecule has 0 saturated carbocycles. The van der Waals surface area contributed by atoms with E-state index in [0.29, 0.717) is 0 Å². The lowest BCUT2D eigenvalue weighted by molar-refractivity contribution is 0.308. The van der Waals surface area contributed by atoms with Crippen LogP contribution in [0.2, 0.25) is 0 Å². The molecule has 2 rings (SSSR count). The predicted octanol–water partition coefficient (Wildman–Crippen LogP) is 2.57. The zero-order chi connectivity index (χ0) is 9.97. The Labute approximate surface area is 83.9 Å². The number of allylic oxidation sites excluding steroid dienone is 3. The lowest BCUT2D eigenvalue weighted by Crippen LogP contribution is -1.94. The molecule has 2 nitrogen and oxygen atoms in total. The van der Waals surface area contributed by atoms with Crippen molar-refractivity contribution >= 4 is 5.57 Å². The lowest BCUT2D eigenvalue weighted by atomic mass is 10.1. The molecule has 1 aromatic heterocycles. The molecule has 1 aliphatic rings. The van der Waals surface area contributed by atoms with Crippen molar-refractivity contribution in [3.8, 4) is 0 Å². The summed E-state index contributed by atoms with van der Waals surface area (Å²) in [6.07, 6.45) is 6.86. The molecule has 1 aromatic rings. The Hall–Kier alpha value is -1.57. The van der Waals surface area contributed by atoms with Gasteiger partial charge in [0.1, 0.15) is 5.76 Å². The standard InChI is InChI=1S/C12H13NO/c1-9-11(14-2)7-3-5-10-6-4-8-13-12(9)10/h3-4,6-8H,5H2,1-2H3. The van der Waals surface area contributed by atoms with Crippen LogP contribution in [0.1, 0.15) is 18.2 Å². The van der Waals surface area contributed by atoms with Gasteiger partial charge in [0.2, 0.25) is 0 Å². The highest BCUT2D eigenvalue weighted by Crippen LogP contribution is 2.24. The first kappa shape index (κ1) is 9.00. The van der Waals surface area contributed by atoms with E-state index < -0.39 is 0 Å². The van der Waals surface area contributed by atoms with E-state index in [4.69, 9.17) is 4.74 Å². The average molecular weight is 187 g/mol. The van der Waals surface area contributed by atoms with Crippen LogP contribution in [-0.2, 0) is 11.2 Å². The number of ether oxygens (including phenoxy) is 1. The van der Waals surface area contributed by atoms with E-state index in [1.807, 2.05) is 25.3 Å². The third kappa shape index (κ3) is 1.43. The van der Waals surface area contributed by atoms with Gasteiger partial charge in [-0.3, -0.25) is 4.98 Å². The molecule has 2 heteroatoms. The second-order valence-electron chi connectivity index (χ2n) is 3.31. The van der Waals surface area contributed by atoms with Crippen molar-refractivity contribution in [3.63, 3.8) is 0 Å². The molecule has 0 unspecified atom stereocenters. The largest absolute Gasteiger partial charge is 0.496 e. The molecule has 0 N–H and O–H groups in total. The van der Waals surface area contributed by atoms with Gasteiger partial charge in [0, 0.05) is 11.8 Å². The third-order valence-electron chi connectivity index (χ3n) is 2.44. The number of methoxy groups -OCH3 is 1. The van der Waals surface area contributed by atoms with E-state index in [0.717, 1.165) is 23.4 Å². The van der Waals surface area contributed by atoms with Gasteiger partial charge in [-0.15, -0.1) is 0 Å². The van der Waals surface area contributed by atoms with Crippen molar-refractivity contribution in [2.45, 2.75) is 13.3 Å². The number of aromatic nitrogens is 1. The topological polar surface area (TPSA) is 22.1 Å². The van der Waals surface area contributed by atoms with Crippen LogP contribution in [0.3, 0.4) is 0 Å².